The SMILES string of the molecule is COCCS(=O)C1CCCC1=O. The Labute approximate surface area is 74.9 Å². The van der Waals surface area contributed by atoms with Gasteiger partial charge in [0.05, 0.1) is 11.9 Å². The minimum Gasteiger partial charge on any atom is -0.384 e. The largest absolute Gasteiger partial charge is 0.384 e. The summed E-state index contributed by atoms with van der Waals surface area (Å²) in [6, 6.07) is 0. The Kier molecular flexibility index (Phi) is 3.88. The molecule has 0 aromatic rings. The van der Waals surface area contributed by atoms with Gasteiger partial charge in [-0.05, 0) is 12.8 Å². The lowest BCUT2D eigenvalue weighted by atomic mass is 10.3. The summed E-state index contributed by atoms with van der Waals surface area (Å²) in [4.78, 5) is 11.1. The van der Waals surface area contributed by atoms with Crippen LogP contribution in [0.15, 0.2) is 0 Å². The maximum atomic E-state index is 11.4. The molecule has 70 valence electrons. The highest BCUT2D eigenvalue weighted by Gasteiger charge is 2.29. The van der Waals surface area contributed by atoms with E-state index in [9.17, 15) is 9.00 Å². The number of carbonyl (C=O) groups excluding carboxylic acids is 1. The van der Waals surface area contributed by atoms with E-state index >= 15 is 0 Å². The van der Waals surface area contributed by atoms with Gasteiger partial charge in [-0.15, -0.1) is 0 Å². The summed E-state index contributed by atoms with van der Waals surface area (Å²) in [5.74, 6) is 0.664. The van der Waals surface area contributed by atoms with Crippen molar-refractivity contribution in [3.63, 3.8) is 0 Å². The summed E-state index contributed by atoms with van der Waals surface area (Å²) >= 11 is 0. The summed E-state index contributed by atoms with van der Waals surface area (Å²) in [5, 5.41) is -0.194. The Morgan fingerprint density at radius 3 is 2.92 bits per heavy atom. The standard InChI is InChI=1S/C8H14O3S/c1-11-5-6-12(10)8-4-2-3-7(8)9/h8H,2-6H2,1H3. The summed E-state index contributed by atoms with van der Waals surface area (Å²) in [6.45, 7) is 0.483. The summed E-state index contributed by atoms with van der Waals surface area (Å²) in [5.41, 5.74) is 0. The van der Waals surface area contributed by atoms with Crippen LogP contribution in [0.1, 0.15) is 19.3 Å². The molecule has 0 bridgehead atoms. The van der Waals surface area contributed by atoms with E-state index in [1.807, 2.05) is 0 Å². The fraction of sp³-hybridized carbons (Fsp3) is 0.875. The number of carbonyl (C=O) groups is 1. The van der Waals surface area contributed by atoms with E-state index in [4.69, 9.17) is 4.74 Å². The van der Waals surface area contributed by atoms with E-state index in [1.165, 1.54) is 0 Å². The van der Waals surface area contributed by atoms with Gasteiger partial charge in [0.1, 0.15) is 5.78 Å². The van der Waals surface area contributed by atoms with Gasteiger partial charge in [0.15, 0.2) is 0 Å². The molecule has 1 aliphatic carbocycles. The van der Waals surface area contributed by atoms with Gasteiger partial charge in [-0.2, -0.15) is 0 Å². The quantitative estimate of drug-likeness (QED) is 0.648. The van der Waals surface area contributed by atoms with E-state index in [-0.39, 0.29) is 11.0 Å². The average Bonchev–Trinajstić information content (AvgIpc) is 2.47. The van der Waals surface area contributed by atoms with Crippen molar-refractivity contribution in [3.05, 3.63) is 0 Å². The highest BCUT2D eigenvalue weighted by Crippen LogP contribution is 2.19. The van der Waals surface area contributed by atoms with Crippen LogP contribution in [0, 0.1) is 0 Å². The number of hydrogen-bond donors (Lipinski definition) is 0. The first-order valence-electron chi connectivity index (χ1n) is 4.14. The third kappa shape index (κ3) is 2.38. The highest BCUT2D eigenvalue weighted by molar-refractivity contribution is 7.86. The monoisotopic (exact) mass is 190 g/mol. The number of methoxy groups -OCH3 is 1. The summed E-state index contributed by atoms with van der Waals surface area (Å²) in [6.07, 6.45) is 2.32. The first-order chi connectivity index (χ1) is 5.75. The average molecular weight is 190 g/mol. The molecule has 2 unspecified atom stereocenters. The lowest BCUT2D eigenvalue weighted by molar-refractivity contribution is -0.117. The second-order valence-electron chi connectivity index (χ2n) is 2.92. The molecule has 0 amide bonds. The minimum absolute atomic E-state index is 0.171. The van der Waals surface area contributed by atoms with E-state index < -0.39 is 10.8 Å². The Hall–Kier alpha value is -0.220. The molecule has 0 spiro atoms. The smallest absolute Gasteiger partial charge is 0.148 e. The van der Waals surface area contributed by atoms with E-state index in [2.05, 4.69) is 0 Å². The van der Waals surface area contributed by atoms with E-state index in [0.29, 0.717) is 18.8 Å². The Morgan fingerprint density at radius 1 is 1.67 bits per heavy atom. The van der Waals surface area contributed by atoms with Crippen LogP contribution < -0.4 is 0 Å². The molecule has 0 aromatic carbocycles. The molecular weight excluding hydrogens is 176 g/mol. The molecule has 0 heterocycles. The van der Waals surface area contributed by atoms with Gasteiger partial charge >= 0.3 is 0 Å². The van der Waals surface area contributed by atoms with E-state index in [0.717, 1.165) is 12.8 Å². The molecular formula is C8H14O3S. The maximum absolute atomic E-state index is 11.4. The van der Waals surface area contributed by atoms with Gasteiger partial charge in [-0.25, -0.2) is 0 Å². The van der Waals surface area contributed by atoms with Gasteiger partial charge in [0.2, 0.25) is 0 Å². The number of ketones is 1. The lowest BCUT2D eigenvalue weighted by Gasteiger charge is -2.06. The van der Waals surface area contributed by atoms with Crippen molar-refractivity contribution in [1.82, 2.24) is 0 Å². The van der Waals surface area contributed by atoms with Gasteiger partial charge in [0, 0.05) is 30.1 Å². The minimum atomic E-state index is -1.000. The van der Waals surface area contributed by atoms with Crippen molar-refractivity contribution in [2.75, 3.05) is 19.5 Å². The first-order valence-corrected chi connectivity index (χ1v) is 5.52. The Morgan fingerprint density at radius 2 is 2.42 bits per heavy atom. The van der Waals surface area contributed by atoms with Crippen LogP contribution in [0.3, 0.4) is 0 Å². The van der Waals surface area contributed by atoms with Crippen molar-refractivity contribution in [2.45, 2.75) is 24.5 Å². The second kappa shape index (κ2) is 4.72. The molecule has 1 aliphatic rings. The predicted octanol–water partition coefficient (Wildman–Crippen LogP) is 0.503. The zero-order valence-electron chi connectivity index (χ0n) is 7.25. The molecule has 1 saturated carbocycles. The molecule has 3 nitrogen and oxygen atoms in total. The van der Waals surface area contributed by atoms with Crippen molar-refractivity contribution in [3.8, 4) is 0 Å². The Bertz CT molecular complexity index is 191. The van der Waals surface area contributed by atoms with Crippen LogP contribution in [0.2, 0.25) is 0 Å². The number of rotatable bonds is 4. The van der Waals surface area contributed by atoms with Crippen LogP contribution in [0.4, 0.5) is 0 Å². The maximum Gasteiger partial charge on any atom is 0.148 e. The van der Waals surface area contributed by atoms with Crippen LogP contribution in [-0.2, 0) is 20.3 Å². The summed E-state index contributed by atoms with van der Waals surface area (Å²) in [7, 11) is 0.577. The second-order valence-corrected chi connectivity index (χ2v) is 4.66. The predicted molar refractivity (Wildman–Crippen MR) is 47.5 cm³/mol. The van der Waals surface area contributed by atoms with Crippen LogP contribution >= 0.6 is 0 Å². The molecule has 0 N–H and O–H groups in total. The van der Waals surface area contributed by atoms with Gasteiger partial charge in [0.25, 0.3) is 0 Å². The van der Waals surface area contributed by atoms with Gasteiger partial charge in [-0.1, -0.05) is 0 Å². The van der Waals surface area contributed by atoms with Crippen molar-refractivity contribution >= 4 is 16.6 Å². The highest BCUT2D eigenvalue weighted by atomic mass is 32.2. The molecule has 4 heteroatoms. The zero-order chi connectivity index (χ0) is 8.97. The Balaban J connectivity index is 2.36. The van der Waals surface area contributed by atoms with Crippen LogP contribution in [-0.4, -0.2) is 34.7 Å². The normalized spacial score (nSPS) is 26.1. The third-order valence-corrected chi connectivity index (χ3v) is 3.76. The van der Waals surface area contributed by atoms with Gasteiger partial charge in [-0.3, -0.25) is 9.00 Å². The van der Waals surface area contributed by atoms with Crippen molar-refractivity contribution in [2.24, 2.45) is 0 Å². The number of Topliss-reactive ketones (excluding diaryl/α,β-unsaturated/α-hetero) is 1. The zero-order valence-corrected chi connectivity index (χ0v) is 8.06. The van der Waals surface area contributed by atoms with Crippen LogP contribution in [0.25, 0.3) is 0 Å². The number of hydrogen-bond acceptors (Lipinski definition) is 3. The van der Waals surface area contributed by atoms with Gasteiger partial charge < -0.3 is 4.74 Å². The molecule has 2 atom stereocenters. The molecule has 12 heavy (non-hydrogen) atoms. The third-order valence-electron chi connectivity index (χ3n) is 2.05. The fourth-order valence-corrected chi connectivity index (χ4v) is 2.83. The molecule has 1 fully saturated rings. The van der Waals surface area contributed by atoms with E-state index in [1.54, 1.807) is 7.11 Å². The lowest BCUT2D eigenvalue weighted by Crippen LogP contribution is -2.23. The first kappa shape index (κ1) is 9.86. The summed E-state index contributed by atoms with van der Waals surface area (Å²) < 4.78 is 16.2. The molecule has 0 saturated heterocycles. The molecule has 0 aromatic heterocycles. The van der Waals surface area contributed by atoms with Crippen LogP contribution in [0.5, 0.6) is 0 Å². The molecule has 1 rings (SSSR count). The number of ether oxygens (including phenoxy) is 1. The molecule has 0 radical (unpaired) electrons. The topological polar surface area (TPSA) is 43.4 Å². The van der Waals surface area contributed by atoms with Crippen molar-refractivity contribution < 1.29 is 13.7 Å². The fourth-order valence-electron chi connectivity index (χ4n) is 1.37. The molecule has 0 aliphatic heterocycles. The van der Waals surface area contributed by atoms with Crippen molar-refractivity contribution in [1.29, 1.82) is 0 Å².